The molecule has 1 aliphatic carbocycles. The average Bonchev–Trinajstić information content (AvgIpc) is 2.64. The third kappa shape index (κ3) is 4.86. The van der Waals surface area contributed by atoms with E-state index >= 15 is 0 Å². The predicted octanol–water partition coefficient (Wildman–Crippen LogP) is 3.50. The summed E-state index contributed by atoms with van der Waals surface area (Å²) in [6, 6.07) is 8.24. The van der Waals surface area contributed by atoms with Crippen LogP contribution < -0.4 is 10.0 Å². The zero-order valence-corrected chi connectivity index (χ0v) is 16.4. The molecule has 2 aromatic rings. The van der Waals surface area contributed by atoms with Crippen molar-refractivity contribution in [2.24, 2.45) is 5.92 Å². The minimum Gasteiger partial charge on any atom is -0.349 e. The van der Waals surface area contributed by atoms with E-state index in [1.807, 2.05) is 6.92 Å². The monoisotopic (exact) mass is 387 g/mol. The number of rotatable bonds is 5. The van der Waals surface area contributed by atoms with E-state index in [1.165, 1.54) is 24.9 Å². The van der Waals surface area contributed by atoms with Gasteiger partial charge in [-0.1, -0.05) is 37.5 Å². The fraction of sp³-hybridized carbons (Fsp3) is 0.400. The van der Waals surface area contributed by atoms with Gasteiger partial charge >= 0.3 is 0 Å². The molecule has 0 bridgehead atoms. The Hall–Kier alpha value is -2.41. The zero-order chi connectivity index (χ0) is 19.4. The quantitative estimate of drug-likeness (QED) is 0.822. The summed E-state index contributed by atoms with van der Waals surface area (Å²) < 4.78 is 27.5. The molecule has 7 heteroatoms. The number of carbonyl (C=O) groups excluding carboxylic acids is 1. The number of pyridine rings is 1. The van der Waals surface area contributed by atoms with Crippen molar-refractivity contribution in [3.05, 3.63) is 53.9 Å². The van der Waals surface area contributed by atoms with E-state index < -0.39 is 10.0 Å². The summed E-state index contributed by atoms with van der Waals surface area (Å²) in [6.07, 6.45) is 7.24. The van der Waals surface area contributed by atoms with Gasteiger partial charge in [-0.3, -0.25) is 14.5 Å². The molecule has 0 radical (unpaired) electrons. The highest BCUT2D eigenvalue weighted by atomic mass is 32.2. The highest BCUT2D eigenvalue weighted by molar-refractivity contribution is 7.92. The Morgan fingerprint density at radius 2 is 1.81 bits per heavy atom. The van der Waals surface area contributed by atoms with Crippen LogP contribution in [0.2, 0.25) is 0 Å². The maximum absolute atomic E-state index is 12.6. The van der Waals surface area contributed by atoms with Gasteiger partial charge in [0.15, 0.2) is 0 Å². The molecule has 1 aromatic carbocycles. The number of carbonyl (C=O) groups is 1. The first-order valence-corrected chi connectivity index (χ1v) is 10.7. The Morgan fingerprint density at radius 3 is 2.52 bits per heavy atom. The largest absolute Gasteiger partial charge is 0.349 e. The Balaban J connectivity index is 1.73. The van der Waals surface area contributed by atoms with Crippen LogP contribution in [0.5, 0.6) is 0 Å². The Morgan fingerprint density at radius 1 is 1.11 bits per heavy atom. The number of sulfonamides is 1. The fourth-order valence-electron chi connectivity index (χ4n) is 3.33. The van der Waals surface area contributed by atoms with Crippen molar-refractivity contribution < 1.29 is 13.2 Å². The van der Waals surface area contributed by atoms with Crippen molar-refractivity contribution in [3.8, 4) is 0 Å². The van der Waals surface area contributed by atoms with Crippen molar-refractivity contribution in [1.82, 2.24) is 10.3 Å². The van der Waals surface area contributed by atoms with Gasteiger partial charge in [0.05, 0.1) is 22.3 Å². The average molecular weight is 388 g/mol. The lowest BCUT2D eigenvalue weighted by molar-refractivity contribution is 0.0910. The molecule has 1 aliphatic rings. The lowest BCUT2D eigenvalue weighted by Gasteiger charge is -2.29. The van der Waals surface area contributed by atoms with E-state index in [1.54, 1.807) is 24.3 Å². The second-order valence-corrected chi connectivity index (χ2v) is 8.90. The first kappa shape index (κ1) is 19.4. The molecular weight excluding hydrogens is 362 g/mol. The number of nitrogens with zero attached hydrogens (tertiary/aromatic N) is 1. The Bertz CT molecular complexity index is 910. The second-order valence-electron chi connectivity index (χ2n) is 7.22. The number of hydrogen-bond acceptors (Lipinski definition) is 4. The molecular formula is C20H25N3O3S. The molecule has 0 unspecified atom stereocenters. The maximum Gasteiger partial charge on any atom is 0.261 e. The van der Waals surface area contributed by atoms with Crippen LogP contribution in [0.3, 0.4) is 0 Å². The SMILES string of the molecule is Cc1ccc(S(=O)(=O)Nc2cncc(C(=O)N[C@@H]3CCCC[C@@H]3C)c2)cc1. The van der Waals surface area contributed by atoms with E-state index in [0.29, 0.717) is 11.5 Å². The minimum atomic E-state index is -3.73. The summed E-state index contributed by atoms with van der Waals surface area (Å²) in [6.45, 7) is 4.04. The molecule has 1 fully saturated rings. The molecule has 1 aromatic heterocycles. The standard InChI is InChI=1S/C20H25N3O3S/c1-14-7-9-18(10-8-14)27(25,26)23-17-11-16(12-21-13-17)20(24)22-19-6-4-3-5-15(19)2/h7-13,15,19,23H,3-6H2,1-2H3,(H,22,24)/t15-,19+/m0/s1. The molecule has 2 atom stereocenters. The molecule has 27 heavy (non-hydrogen) atoms. The van der Waals surface area contributed by atoms with Gasteiger partial charge in [-0.05, 0) is 43.9 Å². The van der Waals surface area contributed by atoms with Crippen molar-refractivity contribution >= 4 is 21.6 Å². The molecule has 0 spiro atoms. The van der Waals surface area contributed by atoms with Crippen LogP contribution in [0.25, 0.3) is 0 Å². The van der Waals surface area contributed by atoms with Gasteiger partial charge in [-0.2, -0.15) is 0 Å². The number of aryl methyl sites for hydroxylation is 1. The first-order valence-electron chi connectivity index (χ1n) is 9.20. The van der Waals surface area contributed by atoms with Gasteiger partial charge in [0.1, 0.15) is 0 Å². The molecule has 3 rings (SSSR count). The van der Waals surface area contributed by atoms with Crippen molar-refractivity contribution in [3.63, 3.8) is 0 Å². The molecule has 2 N–H and O–H groups in total. The number of hydrogen-bond donors (Lipinski definition) is 2. The van der Waals surface area contributed by atoms with Crippen LogP contribution in [0.4, 0.5) is 5.69 Å². The lowest BCUT2D eigenvalue weighted by Crippen LogP contribution is -2.41. The number of benzene rings is 1. The van der Waals surface area contributed by atoms with Gasteiger partial charge < -0.3 is 5.32 Å². The summed E-state index contributed by atoms with van der Waals surface area (Å²) in [5.74, 6) is 0.219. The Kier molecular flexibility index (Phi) is 5.79. The molecule has 6 nitrogen and oxygen atoms in total. The number of anilines is 1. The third-order valence-electron chi connectivity index (χ3n) is 5.01. The summed E-state index contributed by atoms with van der Waals surface area (Å²) in [5.41, 5.74) is 1.59. The Labute approximate surface area is 160 Å². The zero-order valence-electron chi connectivity index (χ0n) is 15.6. The van der Waals surface area contributed by atoms with Crippen LogP contribution in [0.15, 0.2) is 47.6 Å². The van der Waals surface area contributed by atoms with Crippen molar-refractivity contribution in [2.45, 2.75) is 50.5 Å². The fourth-order valence-corrected chi connectivity index (χ4v) is 4.37. The van der Waals surface area contributed by atoms with Crippen LogP contribution >= 0.6 is 0 Å². The molecule has 1 heterocycles. The van der Waals surface area contributed by atoms with Crippen molar-refractivity contribution in [2.75, 3.05) is 4.72 Å². The van der Waals surface area contributed by atoms with Gasteiger partial charge in [0.2, 0.25) is 0 Å². The van der Waals surface area contributed by atoms with Gasteiger partial charge in [-0.15, -0.1) is 0 Å². The van der Waals surface area contributed by atoms with Crippen LogP contribution in [-0.2, 0) is 10.0 Å². The second kappa shape index (κ2) is 8.08. The van der Waals surface area contributed by atoms with Gasteiger partial charge in [0.25, 0.3) is 15.9 Å². The molecule has 1 amide bonds. The number of amides is 1. The normalized spacial score (nSPS) is 20.1. The molecule has 0 aliphatic heterocycles. The summed E-state index contributed by atoms with van der Waals surface area (Å²) >= 11 is 0. The number of aromatic nitrogens is 1. The summed E-state index contributed by atoms with van der Waals surface area (Å²) in [5, 5.41) is 3.06. The third-order valence-corrected chi connectivity index (χ3v) is 6.41. The van der Waals surface area contributed by atoms with Gasteiger partial charge in [-0.25, -0.2) is 8.42 Å². The first-order chi connectivity index (χ1) is 12.8. The summed E-state index contributed by atoms with van der Waals surface area (Å²) in [4.78, 5) is 16.7. The minimum absolute atomic E-state index is 0.152. The van der Waals surface area contributed by atoms with E-state index in [0.717, 1.165) is 24.8 Å². The van der Waals surface area contributed by atoms with Crippen LogP contribution in [-0.4, -0.2) is 25.4 Å². The molecule has 0 saturated heterocycles. The van der Waals surface area contributed by atoms with E-state index in [4.69, 9.17) is 0 Å². The number of nitrogens with one attached hydrogen (secondary N) is 2. The van der Waals surface area contributed by atoms with E-state index in [2.05, 4.69) is 21.9 Å². The van der Waals surface area contributed by atoms with E-state index in [-0.39, 0.29) is 22.5 Å². The predicted molar refractivity (Wildman–Crippen MR) is 105 cm³/mol. The highest BCUT2D eigenvalue weighted by Crippen LogP contribution is 2.24. The van der Waals surface area contributed by atoms with Gasteiger partial charge in [0, 0.05) is 12.2 Å². The van der Waals surface area contributed by atoms with E-state index in [9.17, 15) is 13.2 Å². The maximum atomic E-state index is 12.6. The lowest BCUT2D eigenvalue weighted by atomic mass is 9.86. The molecule has 1 saturated carbocycles. The van der Waals surface area contributed by atoms with Crippen LogP contribution in [0.1, 0.15) is 48.5 Å². The summed E-state index contributed by atoms with van der Waals surface area (Å²) in [7, 11) is -3.73. The molecule has 144 valence electrons. The van der Waals surface area contributed by atoms with Crippen molar-refractivity contribution in [1.29, 1.82) is 0 Å². The topological polar surface area (TPSA) is 88.2 Å². The smallest absolute Gasteiger partial charge is 0.261 e. The van der Waals surface area contributed by atoms with Crippen LogP contribution in [0, 0.1) is 12.8 Å². The highest BCUT2D eigenvalue weighted by Gasteiger charge is 2.23.